The smallest absolute Gasteiger partial charge is 0.221 e. The Morgan fingerprint density at radius 2 is 2.25 bits per heavy atom. The minimum absolute atomic E-state index is 0.0182. The van der Waals surface area contributed by atoms with E-state index in [1.807, 2.05) is 13.8 Å². The topological polar surface area (TPSA) is 73.6 Å². The number of hydrogen-bond acceptors (Lipinski definition) is 4. The van der Waals surface area contributed by atoms with Crippen LogP contribution in [0, 0.1) is 5.92 Å². The average molecular weight is 230 g/mol. The number of nitrogens with two attached hydrogens (primary N) is 1. The number of amides is 1. The van der Waals surface area contributed by atoms with Gasteiger partial charge in [-0.25, -0.2) is 0 Å². The summed E-state index contributed by atoms with van der Waals surface area (Å²) in [5, 5.41) is 2.81. The molecule has 0 aliphatic carbocycles. The monoisotopic (exact) mass is 230 g/mol. The standard InChI is InChI=1S/C11H22N2O3/c1-8(2)10(12)5-11(14)13-6-9-7-15-3-4-16-9/h8-10H,3-7,12H2,1-2H3,(H,13,14). The first kappa shape index (κ1) is 13.4. The van der Waals surface area contributed by atoms with E-state index in [0.29, 0.717) is 38.7 Å². The number of carbonyl (C=O) groups excluding carboxylic acids is 1. The molecule has 5 heteroatoms. The zero-order valence-corrected chi connectivity index (χ0v) is 10.1. The molecule has 1 fully saturated rings. The van der Waals surface area contributed by atoms with Crippen molar-refractivity contribution in [2.75, 3.05) is 26.4 Å². The van der Waals surface area contributed by atoms with E-state index in [9.17, 15) is 4.79 Å². The third kappa shape index (κ3) is 4.92. The highest BCUT2D eigenvalue weighted by Gasteiger charge is 2.17. The van der Waals surface area contributed by atoms with E-state index < -0.39 is 0 Å². The maximum absolute atomic E-state index is 11.5. The molecule has 1 aliphatic rings. The van der Waals surface area contributed by atoms with Crippen LogP contribution in [0.3, 0.4) is 0 Å². The summed E-state index contributed by atoms with van der Waals surface area (Å²) in [6, 6.07) is -0.0801. The Labute approximate surface area is 96.7 Å². The van der Waals surface area contributed by atoms with E-state index in [0.717, 1.165) is 0 Å². The summed E-state index contributed by atoms with van der Waals surface area (Å²) < 4.78 is 10.6. The summed E-state index contributed by atoms with van der Waals surface area (Å²) in [4.78, 5) is 11.5. The molecule has 5 nitrogen and oxygen atoms in total. The van der Waals surface area contributed by atoms with Crippen LogP contribution < -0.4 is 11.1 Å². The molecule has 0 saturated carbocycles. The van der Waals surface area contributed by atoms with Crippen molar-refractivity contribution in [2.24, 2.45) is 11.7 Å². The molecule has 0 aromatic rings. The summed E-state index contributed by atoms with van der Waals surface area (Å²) in [7, 11) is 0. The van der Waals surface area contributed by atoms with Crippen LogP contribution in [0.1, 0.15) is 20.3 Å². The quantitative estimate of drug-likeness (QED) is 0.691. The van der Waals surface area contributed by atoms with Gasteiger partial charge in [-0.05, 0) is 5.92 Å². The Morgan fingerprint density at radius 3 is 2.81 bits per heavy atom. The normalized spacial score (nSPS) is 23.1. The molecule has 1 aliphatic heterocycles. The molecule has 1 rings (SSSR count). The van der Waals surface area contributed by atoms with Crippen LogP contribution >= 0.6 is 0 Å². The van der Waals surface area contributed by atoms with Gasteiger partial charge in [0, 0.05) is 19.0 Å². The first-order chi connectivity index (χ1) is 7.59. The summed E-state index contributed by atoms with van der Waals surface area (Å²) >= 11 is 0. The van der Waals surface area contributed by atoms with E-state index in [2.05, 4.69) is 5.32 Å². The lowest BCUT2D eigenvalue weighted by Gasteiger charge is -2.23. The molecule has 2 unspecified atom stereocenters. The summed E-state index contributed by atoms with van der Waals surface area (Å²) in [5.41, 5.74) is 5.81. The molecule has 94 valence electrons. The fourth-order valence-electron chi connectivity index (χ4n) is 1.40. The summed E-state index contributed by atoms with van der Waals surface area (Å²) in [5.74, 6) is 0.301. The average Bonchev–Trinajstić information content (AvgIpc) is 2.27. The van der Waals surface area contributed by atoms with Gasteiger partial charge in [-0.15, -0.1) is 0 Å². The van der Waals surface area contributed by atoms with Gasteiger partial charge in [-0.2, -0.15) is 0 Å². The van der Waals surface area contributed by atoms with Crippen molar-refractivity contribution in [2.45, 2.75) is 32.4 Å². The highest BCUT2D eigenvalue weighted by Crippen LogP contribution is 2.03. The van der Waals surface area contributed by atoms with E-state index in [4.69, 9.17) is 15.2 Å². The predicted molar refractivity (Wildman–Crippen MR) is 61.0 cm³/mol. The molecule has 1 saturated heterocycles. The third-order valence-corrected chi connectivity index (χ3v) is 2.69. The molecule has 0 aromatic carbocycles. The Morgan fingerprint density at radius 1 is 1.50 bits per heavy atom. The van der Waals surface area contributed by atoms with Gasteiger partial charge < -0.3 is 20.5 Å². The van der Waals surface area contributed by atoms with E-state index in [-0.39, 0.29) is 18.1 Å². The van der Waals surface area contributed by atoms with Crippen LogP contribution in [0.5, 0.6) is 0 Å². The second-order valence-corrected chi connectivity index (χ2v) is 4.48. The van der Waals surface area contributed by atoms with Crippen LogP contribution in [0.2, 0.25) is 0 Å². The summed E-state index contributed by atoms with van der Waals surface area (Å²) in [6.07, 6.45) is 0.346. The highest BCUT2D eigenvalue weighted by atomic mass is 16.6. The molecule has 1 heterocycles. The zero-order valence-electron chi connectivity index (χ0n) is 10.1. The fraction of sp³-hybridized carbons (Fsp3) is 0.909. The van der Waals surface area contributed by atoms with Gasteiger partial charge in [-0.3, -0.25) is 4.79 Å². The van der Waals surface area contributed by atoms with Gasteiger partial charge in [-0.1, -0.05) is 13.8 Å². The zero-order chi connectivity index (χ0) is 12.0. The van der Waals surface area contributed by atoms with Gasteiger partial charge in [0.1, 0.15) is 0 Å². The molecule has 1 amide bonds. The molecule has 16 heavy (non-hydrogen) atoms. The molecule has 3 N–H and O–H groups in total. The molecule has 0 bridgehead atoms. The number of ether oxygens (including phenoxy) is 2. The van der Waals surface area contributed by atoms with Gasteiger partial charge in [0.25, 0.3) is 0 Å². The van der Waals surface area contributed by atoms with E-state index in [1.165, 1.54) is 0 Å². The first-order valence-electron chi connectivity index (χ1n) is 5.81. The second-order valence-electron chi connectivity index (χ2n) is 4.48. The van der Waals surface area contributed by atoms with Crippen LogP contribution in [-0.2, 0) is 14.3 Å². The van der Waals surface area contributed by atoms with Gasteiger partial charge in [0.05, 0.1) is 25.9 Å². The minimum Gasteiger partial charge on any atom is -0.376 e. The lowest BCUT2D eigenvalue weighted by atomic mass is 10.0. The van der Waals surface area contributed by atoms with Crippen molar-refractivity contribution in [3.05, 3.63) is 0 Å². The minimum atomic E-state index is -0.0801. The lowest BCUT2D eigenvalue weighted by Crippen LogP contribution is -2.42. The maximum atomic E-state index is 11.5. The molecular weight excluding hydrogens is 208 g/mol. The van der Waals surface area contributed by atoms with Crippen molar-refractivity contribution in [1.29, 1.82) is 0 Å². The third-order valence-electron chi connectivity index (χ3n) is 2.69. The largest absolute Gasteiger partial charge is 0.376 e. The van der Waals surface area contributed by atoms with E-state index >= 15 is 0 Å². The van der Waals surface area contributed by atoms with E-state index in [1.54, 1.807) is 0 Å². The van der Waals surface area contributed by atoms with Crippen LogP contribution in [0.15, 0.2) is 0 Å². The number of carbonyl (C=O) groups is 1. The van der Waals surface area contributed by atoms with Gasteiger partial charge >= 0.3 is 0 Å². The maximum Gasteiger partial charge on any atom is 0.221 e. The fourth-order valence-corrected chi connectivity index (χ4v) is 1.40. The van der Waals surface area contributed by atoms with Crippen molar-refractivity contribution < 1.29 is 14.3 Å². The molecule has 0 radical (unpaired) electrons. The van der Waals surface area contributed by atoms with Crippen LogP contribution in [-0.4, -0.2) is 44.4 Å². The number of rotatable bonds is 5. The van der Waals surface area contributed by atoms with Gasteiger partial charge in [0.15, 0.2) is 0 Å². The molecule has 2 atom stereocenters. The number of nitrogens with one attached hydrogen (secondary N) is 1. The predicted octanol–water partition coefficient (Wildman–Crippen LogP) is -0.109. The van der Waals surface area contributed by atoms with Crippen LogP contribution in [0.25, 0.3) is 0 Å². The number of hydrogen-bond donors (Lipinski definition) is 2. The van der Waals surface area contributed by atoms with Crippen LogP contribution in [0.4, 0.5) is 0 Å². The lowest BCUT2D eigenvalue weighted by molar-refractivity contribution is -0.124. The summed E-state index contributed by atoms with van der Waals surface area (Å²) in [6.45, 7) is 6.32. The molecule has 0 aromatic heterocycles. The Kier molecular flexibility index (Phi) is 5.73. The van der Waals surface area contributed by atoms with Crippen molar-refractivity contribution in [3.8, 4) is 0 Å². The first-order valence-corrected chi connectivity index (χ1v) is 5.81. The van der Waals surface area contributed by atoms with Crippen molar-refractivity contribution >= 4 is 5.91 Å². The van der Waals surface area contributed by atoms with Crippen molar-refractivity contribution in [3.63, 3.8) is 0 Å². The SMILES string of the molecule is CC(C)C(N)CC(=O)NCC1COCCO1. The highest BCUT2D eigenvalue weighted by molar-refractivity contribution is 5.76. The second kappa shape index (κ2) is 6.83. The molecular formula is C11H22N2O3. The van der Waals surface area contributed by atoms with Gasteiger partial charge in [0.2, 0.25) is 5.91 Å². The Bertz CT molecular complexity index is 215. The van der Waals surface area contributed by atoms with Crippen molar-refractivity contribution in [1.82, 2.24) is 5.32 Å². The Balaban J connectivity index is 2.14. The Hall–Kier alpha value is -0.650. The molecule has 0 spiro atoms.